The van der Waals surface area contributed by atoms with Crippen molar-refractivity contribution in [2.45, 2.75) is 25.8 Å². The Morgan fingerprint density at radius 2 is 2.23 bits per heavy atom. The normalized spacial score (nSPS) is 17.5. The summed E-state index contributed by atoms with van der Waals surface area (Å²) in [5.74, 6) is 0.758. The van der Waals surface area contributed by atoms with Crippen molar-refractivity contribution in [2.75, 3.05) is 18.4 Å². The van der Waals surface area contributed by atoms with Crippen molar-refractivity contribution >= 4 is 11.6 Å². The van der Waals surface area contributed by atoms with Crippen molar-refractivity contribution in [3.8, 4) is 0 Å². The van der Waals surface area contributed by atoms with E-state index in [4.69, 9.17) is 0 Å². The first-order chi connectivity index (χ1) is 10.8. The van der Waals surface area contributed by atoms with Gasteiger partial charge in [0.2, 0.25) is 5.91 Å². The Morgan fingerprint density at radius 3 is 2.91 bits per heavy atom. The van der Waals surface area contributed by atoms with Crippen molar-refractivity contribution in [3.05, 3.63) is 48.3 Å². The highest BCUT2D eigenvalue weighted by Crippen LogP contribution is 2.16. The predicted octanol–water partition coefficient (Wildman–Crippen LogP) is 2.26. The molecule has 0 spiro atoms. The van der Waals surface area contributed by atoms with Crippen LogP contribution in [0.4, 0.5) is 5.69 Å². The molecule has 22 heavy (non-hydrogen) atoms. The molecule has 1 amide bonds. The molecule has 5 heteroatoms. The third-order valence-corrected chi connectivity index (χ3v) is 4.08. The summed E-state index contributed by atoms with van der Waals surface area (Å²) in [4.78, 5) is 12.0. The van der Waals surface area contributed by atoms with E-state index >= 15 is 0 Å². The van der Waals surface area contributed by atoms with Crippen LogP contribution in [0.15, 0.2) is 42.7 Å². The number of nitrogens with zero attached hydrogens (tertiary/aromatic N) is 2. The van der Waals surface area contributed by atoms with Gasteiger partial charge in [0.05, 0.1) is 6.54 Å². The number of benzene rings is 1. The molecule has 2 heterocycles. The van der Waals surface area contributed by atoms with Crippen LogP contribution in [-0.4, -0.2) is 28.8 Å². The standard InChI is InChI=1S/C17H22N4O/c22-17(7-4-14-8-10-18-12-14)20-16-5-2-15(3-6-16)13-21-11-1-9-19-21/h1-3,5-6,9,11,14,18H,4,7-8,10,12-13H2,(H,20,22). The third-order valence-electron chi connectivity index (χ3n) is 4.08. The molecule has 1 fully saturated rings. The third kappa shape index (κ3) is 4.18. The monoisotopic (exact) mass is 298 g/mol. The minimum atomic E-state index is 0.103. The number of rotatable bonds is 6. The molecule has 1 aromatic carbocycles. The molecule has 1 aromatic heterocycles. The Hall–Kier alpha value is -2.14. The van der Waals surface area contributed by atoms with Gasteiger partial charge in [-0.2, -0.15) is 5.10 Å². The number of carbonyl (C=O) groups excluding carboxylic acids is 1. The van der Waals surface area contributed by atoms with E-state index < -0.39 is 0 Å². The minimum absolute atomic E-state index is 0.103. The molecule has 2 aromatic rings. The summed E-state index contributed by atoms with van der Waals surface area (Å²) in [5.41, 5.74) is 2.03. The number of carbonyl (C=O) groups is 1. The number of hydrogen-bond acceptors (Lipinski definition) is 3. The smallest absolute Gasteiger partial charge is 0.224 e. The zero-order valence-corrected chi connectivity index (χ0v) is 12.7. The molecule has 2 N–H and O–H groups in total. The van der Waals surface area contributed by atoms with E-state index in [1.807, 2.05) is 41.2 Å². The Balaban J connectivity index is 1.46. The zero-order valence-electron chi connectivity index (χ0n) is 12.7. The Labute approximate surface area is 130 Å². The van der Waals surface area contributed by atoms with Gasteiger partial charge in [0, 0.05) is 24.5 Å². The summed E-state index contributed by atoms with van der Waals surface area (Å²) in [6.45, 7) is 2.88. The van der Waals surface area contributed by atoms with E-state index in [9.17, 15) is 4.79 Å². The maximum atomic E-state index is 12.0. The first kappa shape index (κ1) is 14.8. The van der Waals surface area contributed by atoms with Gasteiger partial charge in [0.25, 0.3) is 0 Å². The summed E-state index contributed by atoms with van der Waals surface area (Å²) in [5, 5.41) is 10.5. The van der Waals surface area contributed by atoms with Gasteiger partial charge >= 0.3 is 0 Å². The lowest BCUT2D eigenvalue weighted by molar-refractivity contribution is -0.116. The minimum Gasteiger partial charge on any atom is -0.326 e. The number of nitrogens with one attached hydrogen (secondary N) is 2. The summed E-state index contributed by atoms with van der Waals surface area (Å²) >= 11 is 0. The van der Waals surface area contributed by atoms with E-state index in [1.54, 1.807) is 6.20 Å². The molecule has 1 aliphatic rings. The van der Waals surface area contributed by atoms with Crippen LogP contribution < -0.4 is 10.6 Å². The lowest BCUT2D eigenvalue weighted by Gasteiger charge is -2.09. The Morgan fingerprint density at radius 1 is 1.36 bits per heavy atom. The SMILES string of the molecule is O=C(CCC1CCNC1)Nc1ccc(Cn2cccn2)cc1. The number of hydrogen-bond donors (Lipinski definition) is 2. The zero-order chi connectivity index (χ0) is 15.2. The largest absolute Gasteiger partial charge is 0.326 e. The second kappa shape index (κ2) is 7.22. The average molecular weight is 298 g/mol. The molecule has 1 saturated heterocycles. The van der Waals surface area contributed by atoms with E-state index in [0.29, 0.717) is 12.3 Å². The second-order valence-electron chi connectivity index (χ2n) is 5.85. The highest BCUT2D eigenvalue weighted by atomic mass is 16.1. The molecule has 1 aliphatic heterocycles. The van der Waals surface area contributed by atoms with Gasteiger partial charge in [0.1, 0.15) is 0 Å². The van der Waals surface area contributed by atoms with Gasteiger partial charge in [-0.05, 0) is 55.6 Å². The maximum absolute atomic E-state index is 12.0. The summed E-state index contributed by atoms with van der Waals surface area (Å²) in [7, 11) is 0. The first-order valence-electron chi connectivity index (χ1n) is 7.86. The molecule has 5 nitrogen and oxygen atoms in total. The first-order valence-corrected chi connectivity index (χ1v) is 7.86. The van der Waals surface area contributed by atoms with E-state index in [0.717, 1.165) is 31.7 Å². The molecule has 116 valence electrons. The lowest BCUT2D eigenvalue weighted by atomic mass is 10.0. The van der Waals surface area contributed by atoms with E-state index in [2.05, 4.69) is 15.7 Å². The fourth-order valence-electron chi connectivity index (χ4n) is 2.79. The molecular weight excluding hydrogens is 276 g/mol. The van der Waals surface area contributed by atoms with E-state index in [1.165, 1.54) is 12.0 Å². The van der Waals surface area contributed by atoms with Crippen molar-refractivity contribution in [1.82, 2.24) is 15.1 Å². The number of amides is 1. The van der Waals surface area contributed by atoms with Gasteiger partial charge in [0.15, 0.2) is 0 Å². The predicted molar refractivity (Wildman–Crippen MR) is 86.6 cm³/mol. The van der Waals surface area contributed by atoms with Crippen LogP contribution in [0.1, 0.15) is 24.8 Å². The van der Waals surface area contributed by atoms with Crippen molar-refractivity contribution < 1.29 is 4.79 Å². The molecular formula is C17H22N4O. The molecule has 0 saturated carbocycles. The quantitative estimate of drug-likeness (QED) is 0.860. The Bertz CT molecular complexity index is 586. The van der Waals surface area contributed by atoms with Gasteiger partial charge in [-0.1, -0.05) is 12.1 Å². The van der Waals surface area contributed by atoms with E-state index in [-0.39, 0.29) is 5.91 Å². The molecule has 0 radical (unpaired) electrons. The van der Waals surface area contributed by atoms with Crippen LogP contribution in [0.25, 0.3) is 0 Å². The molecule has 0 bridgehead atoms. The van der Waals surface area contributed by atoms with Gasteiger partial charge in [-0.15, -0.1) is 0 Å². The molecule has 1 atom stereocenters. The van der Waals surface area contributed by atoms with Gasteiger partial charge in [-0.3, -0.25) is 9.48 Å². The van der Waals surface area contributed by atoms with Crippen LogP contribution >= 0.6 is 0 Å². The summed E-state index contributed by atoms with van der Waals surface area (Å²) in [6.07, 6.45) is 6.47. The van der Waals surface area contributed by atoms with Crippen molar-refractivity contribution in [3.63, 3.8) is 0 Å². The van der Waals surface area contributed by atoms with Crippen LogP contribution in [0.2, 0.25) is 0 Å². The number of anilines is 1. The fraction of sp³-hybridized carbons (Fsp3) is 0.412. The highest BCUT2D eigenvalue weighted by molar-refractivity contribution is 5.90. The van der Waals surface area contributed by atoms with Crippen LogP contribution in [0, 0.1) is 5.92 Å². The number of aromatic nitrogens is 2. The van der Waals surface area contributed by atoms with Gasteiger partial charge in [-0.25, -0.2) is 0 Å². The fourth-order valence-corrected chi connectivity index (χ4v) is 2.79. The Kier molecular flexibility index (Phi) is 4.85. The van der Waals surface area contributed by atoms with Crippen LogP contribution in [0.3, 0.4) is 0 Å². The highest BCUT2D eigenvalue weighted by Gasteiger charge is 2.15. The van der Waals surface area contributed by atoms with Crippen molar-refractivity contribution in [2.24, 2.45) is 5.92 Å². The van der Waals surface area contributed by atoms with Crippen molar-refractivity contribution in [1.29, 1.82) is 0 Å². The second-order valence-corrected chi connectivity index (χ2v) is 5.85. The lowest BCUT2D eigenvalue weighted by Crippen LogP contribution is -2.15. The average Bonchev–Trinajstić information content (AvgIpc) is 3.20. The topological polar surface area (TPSA) is 59.0 Å². The maximum Gasteiger partial charge on any atom is 0.224 e. The molecule has 1 unspecified atom stereocenters. The summed E-state index contributed by atoms with van der Waals surface area (Å²) in [6, 6.07) is 9.87. The summed E-state index contributed by atoms with van der Waals surface area (Å²) < 4.78 is 1.88. The van der Waals surface area contributed by atoms with Gasteiger partial charge < -0.3 is 10.6 Å². The molecule has 3 rings (SSSR count). The van der Waals surface area contributed by atoms with Crippen LogP contribution in [-0.2, 0) is 11.3 Å². The van der Waals surface area contributed by atoms with Crippen LogP contribution in [0.5, 0.6) is 0 Å². The molecule has 0 aliphatic carbocycles.